The summed E-state index contributed by atoms with van der Waals surface area (Å²) in [5, 5.41) is 25.7. The van der Waals surface area contributed by atoms with Gasteiger partial charge in [-0.2, -0.15) is 5.26 Å². The number of aryl methyl sites for hydroxylation is 1. The van der Waals surface area contributed by atoms with Crippen LogP contribution in [0.15, 0.2) is 34.8 Å². The molecular formula is C29H34N6O4S. The van der Waals surface area contributed by atoms with E-state index in [1.807, 2.05) is 52.0 Å². The lowest BCUT2D eigenvalue weighted by atomic mass is 9.85. The quantitative estimate of drug-likeness (QED) is 0.493. The highest BCUT2D eigenvalue weighted by atomic mass is 32.1. The van der Waals surface area contributed by atoms with Crippen molar-refractivity contribution in [3.05, 3.63) is 41.0 Å². The molecule has 4 atom stereocenters. The summed E-state index contributed by atoms with van der Waals surface area (Å²) in [6.07, 6.45) is 0.333. The van der Waals surface area contributed by atoms with Crippen LogP contribution >= 0.6 is 11.3 Å². The first-order chi connectivity index (χ1) is 18.8. The summed E-state index contributed by atoms with van der Waals surface area (Å²) < 4.78 is 0. The van der Waals surface area contributed by atoms with Crippen molar-refractivity contribution in [2.24, 2.45) is 15.8 Å². The average molecular weight is 563 g/mol. The Morgan fingerprint density at radius 2 is 1.95 bits per heavy atom. The minimum atomic E-state index is -1.21. The lowest BCUT2D eigenvalue weighted by molar-refractivity contribution is -0.140. The highest BCUT2D eigenvalue weighted by Crippen LogP contribution is 2.45. The molecule has 1 aliphatic carbocycles. The molecule has 0 unspecified atom stereocenters. The molecule has 11 heteroatoms. The number of β-amino-alcohol motifs (C(OH)–C–C–N with tert-alkyl or cyclic N) is 1. The number of aliphatic hydroxyl groups excluding tert-OH is 1. The molecule has 3 amide bonds. The molecule has 40 heavy (non-hydrogen) atoms. The second-order valence-corrected chi connectivity index (χ2v) is 13.1. The van der Waals surface area contributed by atoms with Crippen molar-refractivity contribution in [2.45, 2.75) is 77.6 Å². The van der Waals surface area contributed by atoms with Crippen LogP contribution in [0.25, 0.3) is 10.4 Å². The third kappa shape index (κ3) is 4.80. The van der Waals surface area contributed by atoms with Gasteiger partial charge in [-0.25, -0.2) is 9.98 Å². The fraction of sp³-hybridized carbons (Fsp3) is 0.517. The van der Waals surface area contributed by atoms with E-state index in [0.717, 1.165) is 16.1 Å². The van der Waals surface area contributed by atoms with E-state index in [1.54, 1.807) is 23.8 Å². The van der Waals surface area contributed by atoms with Gasteiger partial charge in [-0.1, -0.05) is 45.0 Å². The number of hydrogen-bond donors (Lipinski definition) is 3. The molecule has 5 rings (SSSR count). The van der Waals surface area contributed by atoms with Gasteiger partial charge in [0.2, 0.25) is 11.8 Å². The molecule has 210 valence electrons. The third-order valence-corrected chi connectivity index (χ3v) is 9.12. The lowest BCUT2D eigenvalue weighted by Gasteiger charge is -2.36. The number of carbonyl (C=O) groups is 3. The fourth-order valence-electron chi connectivity index (χ4n) is 5.35. The molecule has 0 spiro atoms. The minimum absolute atomic E-state index is 0.0455. The lowest BCUT2D eigenvalue weighted by Crippen LogP contribution is -2.58. The molecule has 1 aromatic carbocycles. The van der Waals surface area contributed by atoms with Gasteiger partial charge < -0.3 is 20.6 Å². The molecule has 0 radical (unpaired) electrons. The summed E-state index contributed by atoms with van der Waals surface area (Å²) in [5.74, 6) is -0.834. The van der Waals surface area contributed by atoms with Crippen LogP contribution in [0.2, 0.25) is 0 Å². The number of nitrogens with one attached hydrogen (secondary N) is 2. The standard InChI is InChI=1S/C29H34N6O4S/c1-16-21(40-15-31-16)17-6-8-18(9-7-17)28(5)25(38)33-23(34-28)20-12-19(36)13-35(20)24(37)22(27(2,3)4)32-26(39)29(14-30)10-11-29/h6-9,15,19-20,22,36H,10-13H2,1-5H3,(H,32,39)(H,33,34,38)/t19-,20-,22-,28+/m1/s1. The molecular weight excluding hydrogens is 528 g/mol. The van der Waals surface area contributed by atoms with Crippen molar-refractivity contribution < 1.29 is 19.5 Å². The maximum atomic E-state index is 13.9. The summed E-state index contributed by atoms with van der Waals surface area (Å²) in [6.45, 7) is 9.25. The van der Waals surface area contributed by atoms with Crippen LogP contribution < -0.4 is 10.6 Å². The van der Waals surface area contributed by atoms with Crippen LogP contribution in [0, 0.1) is 29.1 Å². The van der Waals surface area contributed by atoms with Crippen LogP contribution in [-0.2, 0) is 19.9 Å². The zero-order chi connectivity index (χ0) is 29.0. The Bertz CT molecular complexity index is 1430. The number of aromatic nitrogens is 1. The maximum absolute atomic E-state index is 13.9. The highest BCUT2D eigenvalue weighted by Gasteiger charge is 2.53. The topological polar surface area (TPSA) is 148 Å². The molecule has 3 N–H and O–H groups in total. The van der Waals surface area contributed by atoms with Gasteiger partial charge in [0.15, 0.2) is 5.54 Å². The molecule has 1 aromatic heterocycles. The third-order valence-electron chi connectivity index (χ3n) is 8.15. The van der Waals surface area contributed by atoms with Crippen molar-refractivity contribution in [3.63, 3.8) is 0 Å². The van der Waals surface area contributed by atoms with Crippen molar-refractivity contribution in [1.82, 2.24) is 20.5 Å². The smallest absolute Gasteiger partial charge is 0.257 e. The Balaban J connectivity index is 1.41. The number of hydrogen-bond acceptors (Lipinski definition) is 8. The van der Waals surface area contributed by atoms with E-state index < -0.39 is 40.5 Å². The van der Waals surface area contributed by atoms with Gasteiger partial charge >= 0.3 is 0 Å². The number of amidine groups is 1. The second-order valence-electron chi connectivity index (χ2n) is 12.2. The first kappa shape index (κ1) is 27.9. The number of thiazole rings is 1. The number of aliphatic hydroxyl groups is 1. The van der Waals surface area contributed by atoms with Crippen molar-refractivity contribution in [2.75, 3.05) is 6.54 Å². The van der Waals surface area contributed by atoms with Crippen LogP contribution in [0.4, 0.5) is 0 Å². The van der Waals surface area contributed by atoms with Gasteiger partial charge in [0, 0.05) is 13.0 Å². The van der Waals surface area contributed by atoms with E-state index in [1.165, 1.54) is 4.90 Å². The van der Waals surface area contributed by atoms with Gasteiger partial charge in [-0.05, 0) is 43.2 Å². The maximum Gasteiger partial charge on any atom is 0.257 e. The summed E-state index contributed by atoms with van der Waals surface area (Å²) in [7, 11) is 0. The van der Waals surface area contributed by atoms with Crippen LogP contribution in [0.1, 0.15) is 58.2 Å². The Kier molecular flexibility index (Phi) is 6.83. The summed E-state index contributed by atoms with van der Waals surface area (Å²) in [6, 6.07) is 8.13. The van der Waals surface area contributed by atoms with Crippen LogP contribution in [0.5, 0.6) is 0 Å². The minimum Gasteiger partial charge on any atom is -0.391 e. The van der Waals surface area contributed by atoms with Gasteiger partial charge in [0.25, 0.3) is 5.91 Å². The number of rotatable bonds is 6. The predicted octanol–water partition coefficient (Wildman–Crippen LogP) is 2.66. The normalized spacial score (nSPS) is 26.1. The Morgan fingerprint density at radius 1 is 1.27 bits per heavy atom. The highest BCUT2D eigenvalue weighted by molar-refractivity contribution is 7.13. The predicted molar refractivity (Wildman–Crippen MR) is 150 cm³/mol. The first-order valence-electron chi connectivity index (χ1n) is 13.4. The molecule has 2 fully saturated rings. The number of nitriles is 1. The van der Waals surface area contributed by atoms with Crippen LogP contribution in [-0.4, -0.2) is 63.3 Å². The van der Waals surface area contributed by atoms with E-state index in [0.29, 0.717) is 24.2 Å². The largest absolute Gasteiger partial charge is 0.391 e. The number of nitrogens with zero attached hydrogens (tertiary/aromatic N) is 4. The molecule has 2 aromatic rings. The molecule has 0 bridgehead atoms. The summed E-state index contributed by atoms with van der Waals surface area (Å²) in [4.78, 5) is 51.8. The van der Waals surface area contributed by atoms with Crippen molar-refractivity contribution in [3.8, 4) is 16.5 Å². The molecule has 3 aliphatic rings. The van der Waals surface area contributed by atoms with Gasteiger partial charge in [0.05, 0.1) is 34.3 Å². The summed E-state index contributed by atoms with van der Waals surface area (Å²) >= 11 is 1.55. The van der Waals surface area contributed by atoms with E-state index in [4.69, 9.17) is 4.99 Å². The van der Waals surface area contributed by atoms with Crippen molar-refractivity contribution in [1.29, 1.82) is 5.26 Å². The first-order valence-corrected chi connectivity index (χ1v) is 14.3. The van der Waals surface area contributed by atoms with E-state index >= 15 is 0 Å². The zero-order valence-electron chi connectivity index (χ0n) is 23.3. The van der Waals surface area contributed by atoms with E-state index in [-0.39, 0.29) is 24.8 Å². The molecule has 10 nitrogen and oxygen atoms in total. The van der Waals surface area contributed by atoms with Gasteiger partial charge in [0.1, 0.15) is 17.3 Å². The SMILES string of the molecule is Cc1ncsc1-c1ccc([C@]2(C)N=C([C@H]3C[C@@H](O)CN3C(=O)[C@@H](NC(=O)C3(C#N)CC3)C(C)(C)C)NC2=O)cc1. The Labute approximate surface area is 237 Å². The van der Waals surface area contributed by atoms with Gasteiger partial charge in [-0.3, -0.25) is 14.4 Å². The average Bonchev–Trinajstić information content (AvgIpc) is 3.28. The van der Waals surface area contributed by atoms with Gasteiger partial charge in [-0.15, -0.1) is 11.3 Å². The number of aliphatic imine (C=N–C) groups is 1. The molecule has 2 aliphatic heterocycles. The fourth-order valence-corrected chi connectivity index (χ4v) is 6.16. The molecule has 1 saturated carbocycles. The number of carbonyl (C=O) groups excluding carboxylic acids is 3. The molecule has 3 heterocycles. The number of amides is 3. The Hall–Kier alpha value is -3.62. The van der Waals surface area contributed by atoms with Crippen LogP contribution in [0.3, 0.4) is 0 Å². The summed E-state index contributed by atoms with van der Waals surface area (Å²) in [5.41, 5.74) is 1.50. The second kappa shape index (κ2) is 9.78. The molecule has 1 saturated heterocycles. The monoisotopic (exact) mass is 562 g/mol. The Morgan fingerprint density at radius 3 is 2.50 bits per heavy atom. The van der Waals surface area contributed by atoms with E-state index in [9.17, 15) is 24.8 Å². The van der Waals surface area contributed by atoms with E-state index in [2.05, 4.69) is 21.7 Å². The number of benzene rings is 1. The number of likely N-dealkylation sites (tertiary alicyclic amines) is 1. The van der Waals surface area contributed by atoms with Crippen molar-refractivity contribution >= 4 is 34.9 Å². The zero-order valence-corrected chi connectivity index (χ0v) is 24.1.